The lowest BCUT2D eigenvalue weighted by Crippen LogP contribution is -2.34. The Balaban J connectivity index is 2.62. The molecule has 0 saturated carbocycles. The van der Waals surface area contributed by atoms with Crippen molar-refractivity contribution in [3.8, 4) is 17.2 Å². The van der Waals surface area contributed by atoms with Crippen LogP contribution in [0.1, 0.15) is 0 Å². The molecule has 1 aromatic heterocycles. The van der Waals surface area contributed by atoms with Crippen molar-refractivity contribution in [3.63, 3.8) is 0 Å². The van der Waals surface area contributed by atoms with E-state index in [2.05, 4.69) is 4.98 Å². The SMILES string of the molecule is COc1ccc(-n2cc[nH]c(=O)c2=O)cc1OC. The summed E-state index contributed by atoms with van der Waals surface area (Å²) < 4.78 is 11.5. The molecule has 0 amide bonds. The molecule has 0 aliphatic carbocycles. The van der Waals surface area contributed by atoms with Gasteiger partial charge in [-0.25, -0.2) is 0 Å². The van der Waals surface area contributed by atoms with E-state index in [1.54, 1.807) is 18.2 Å². The zero-order valence-corrected chi connectivity index (χ0v) is 9.97. The van der Waals surface area contributed by atoms with Gasteiger partial charge in [0, 0.05) is 18.5 Å². The number of H-pyrrole nitrogens is 1. The smallest absolute Gasteiger partial charge is 0.320 e. The highest BCUT2D eigenvalue weighted by Gasteiger charge is 2.07. The number of ether oxygens (including phenoxy) is 2. The predicted octanol–water partition coefficient (Wildman–Crippen LogP) is 0.543. The molecule has 0 unspecified atom stereocenters. The number of hydrogen-bond acceptors (Lipinski definition) is 4. The number of aromatic amines is 1. The Morgan fingerprint density at radius 2 is 1.83 bits per heavy atom. The van der Waals surface area contributed by atoms with Gasteiger partial charge in [-0.05, 0) is 12.1 Å². The maximum Gasteiger partial charge on any atom is 0.320 e. The highest BCUT2D eigenvalue weighted by atomic mass is 16.5. The van der Waals surface area contributed by atoms with Gasteiger partial charge in [0.2, 0.25) is 0 Å². The first-order valence-corrected chi connectivity index (χ1v) is 5.20. The monoisotopic (exact) mass is 248 g/mol. The number of methoxy groups -OCH3 is 2. The van der Waals surface area contributed by atoms with Crippen molar-refractivity contribution < 1.29 is 9.47 Å². The lowest BCUT2D eigenvalue weighted by molar-refractivity contribution is 0.355. The van der Waals surface area contributed by atoms with Crippen molar-refractivity contribution in [1.29, 1.82) is 0 Å². The number of hydrogen-bond donors (Lipinski definition) is 1. The van der Waals surface area contributed by atoms with Crippen LogP contribution >= 0.6 is 0 Å². The summed E-state index contributed by atoms with van der Waals surface area (Å²) in [6.07, 6.45) is 2.88. The molecule has 1 heterocycles. The molecule has 0 atom stereocenters. The molecular formula is C12H12N2O4. The van der Waals surface area contributed by atoms with Crippen LogP contribution in [0.3, 0.4) is 0 Å². The molecular weight excluding hydrogens is 236 g/mol. The Bertz CT molecular complexity index is 672. The van der Waals surface area contributed by atoms with E-state index >= 15 is 0 Å². The molecule has 0 aliphatic heterocycles. The van der Waals surface area contributed by atoms with Gasteiger partial charge in [0.25, 0.3) is 0 Å². The predicted molar refractivity (Wildman–Crippen MR) is 65.8 cm³/mol. The lowest BCUT2D eigenvalue weighted by Gasteiger charge is -2.10. The largest absolute Gasteiger partial charge is 0.493 e. The standard InChI is InChI=1S/C12H12N2O4/c1-17-9-4-3-8(7-10(9)18-2)14-6-5-13-11(15)12(14)16/h3-7H,1-2H3,(H,13,15). The molecule has 6 nitrogen and oxygen atoms in total. The molecule has 2 aromatic rings. The summed E-state index contributed by atoms with van der Waals surface area (Å²) in [6.45, 7) is 0. The van der Waals surface area contributed by atoms with E-state index in [0.717, 1.165) is 0 Å². The Morgan fingerprint density at radius 3 is 2.50 bits per heavy atom. The topological polar surface area (TPSA) is 73.3 Å². The van der Waals surface area contributed by atoms with E-state index in [9.17, 15) is 9.59 Å². The number of rotatable bonds is 3. The van der Waals surface area contributed by atoms with Crippen LogP contribution in [-0.4, -0.2) is 23.8 Å². The minimum Gasteiger partial charge on any atom is -0.493 e. The highest BCUT2D eigenvalue weighted by molar-refractivity contribution is 5.48. The van der Waals surface area contributed by atoms with Gasteiger partial charge >= 0.3 is 11.1 Å². The summed E-state index contributed by atoms with van der Waals surface area (Å²) in [5.74, 6) is 1.04. The van der Waals surface area contributed by atoms with Crippen molar-refractivity contribution in [2.75, 3.05) is 14.2 Å². The molecule has 0 bridgehead atoms. The van der Waals surface area contributed by atoms with Crippen LogP contribution in [0.25, 0.3) is 5.69 Å². The zero-order valence-electron chi connectivity index (χ0n) is 9.97. The summed E-state index contributed by atoms with van der Waals surface area (Å²) >= 11 is 0. The van der Waals surface area contributed by atoms with Gasteiger partial charge in [0.1, 0.15) is 0 Å². The van der Waals surface area contributed by atoms with E-state index in [1.165, 1.54) is 31.2 Å². The summed E-state index contributed by atoms with van der Waals surface area (Å²) in [7, 11) is 3.03. The summed E-state index contributed by atoms with van der Waals surface area (Å²) in [5.41, 5.74) is -0.791. The number of nitrogens with one attached hydrogen (secondary N) is 1. The van der Waals surface area contributed by atoms with Crippen LogP contribution in [0.5, 0.6) is 11.5 Å². The van der Waals surface area contributed by atoms with Crippen LogP contribution in [-0.2, 0) is 0 Å². The van der Waals surface area contributed by atoms with Gasteiger partial charge in [-0.3, -0.25) is 14.2 Å². The molecule has 0 fully saturated rings. The van der Waals surface area contributed by atoms with Gasteiger partial charge in [0.15, 0.2) is 11.5 Å². The van der Waals surface area contributed by atoms with Crippen LogP contribution in [0.4, 0.5) is 0 Å². The Labute approximate surface area is 102 Å². The number of nitrogens with zero attached hydrogens (tertiary/aromatic N) is 1. The fraction of sp³-hybridized carbons (Fsp3) is 0.167. The average Bonchev–Trinajstić information content (AvgIpc) is 2.41. The number of aromatic nitrogens is 2. The molecule has 94 valence electrons. The van der Waals surface area contributed by atoms with E-state index in [1.807, 2.05) is 0 Å². The first-order chi connectivity index (χ1) is 8.67. The fourth-order valence-electron chi connectivity index (χ4n) is 1.60. The molecule has 1 aromatic carbocycles. The van der Waals surface area contributed by atoms with E-state index in [0.29, 0.717) is 17.2 Å². The van der Waals surface area contributed by atoms with Gasteiger partial charge < -0.3 is 14.5 Å². The van der Waals surface area contributed by atoms with Crippen LogP contribution in [0, 0.1) is 0 Å². The molecule has 2 rings (SSSR count). The first-order valence-electron chi connectivity index (χ1n) is 5.20. The second-order valence-electron chi connectivity index (χ2n) is 3.50. The highest BCUT2D eigenvalue weighted by Crippen LogP contribution is 2.28. The normalized spacial score (nSPS) is 10.1. The van der Waals surface area contributed by atoms with E-state index < -0.39 is 11.1 Å². The Morgan fingerprint density at radius 1 is 1.11 bits per heavy atom. The summed E-state index contributed by atoms with van der Waals surface area (Å²) in [6, 6.07) is 4.96. The van der Waals surface area contributed by atoms with Gasteiger partial charge in [0.05, 0.1) is 19.9 Å². The zero-order chi connectivity index (χ0) is 13.1. The third-order valence-electron chi connectivity index (χ3n) is 2.50. The average molecular weight is 248 g/mol. The molecule has 6 heteroatoms. The first kappa shape index (κ1) is 12.0. The summed E-state index contributed by atoms with van der Waals surface area (Å²) in [5, 5.41) is 0. The third kappa shape index (κ3) is 2.00. The number of benzene rings is 1. The van der Waals surface area contributed by atoms with Crippen LogP contribution in [0.15, 0.2) is 40.2 Å². The molecule has 0 spiro atoms. The minimum atomic E-state index is -0.674. The van der Waals surface area contributed by atoms with E-state index in [-0.39, 0.29) is 0 Å². The molecule has 18 heavy (non-hydrogen) atoms. The molecule has 0 aliphatic rings. The lowest BCUT2D eigenvalue weighted by atomic mass is 10.2. The second kappa shape index (κ2) is 4.79. The van der Waals surface area contributed by atoms with Gasteiger partial charge in [-0.1, -0.05) is 0 Å². The third-order valence-corrected chi connectivity index (χ3v) is 2.50. The van der Waals surface area contributed by atoms with Crippen molar-refractivity contribution in [2.45, 2.75) is 0 Å². The Hall–Kier alpha value is -2.50. The van der Waals surface area contributed by atoms with Crippen molar-refractivity contribution in [1.82, 2.24) is 9.55 Å². The van der Waals surface area contributed by atoms with Crippen LogP contribution in [0.2, 0.25) is 0 Å². The molecule has 1 N–H and O–H groups in total. The van der Waals surface area contributed by atoms with Crippen LogP contribution < -0.4 is 20.6 Å². The maximum absolute atomic E-state index is 11.7. The van der Waals surface area contributed by atoms with Crippen molar-refractivity contribution in [2.24, 2.45) is 0 Å². The summed E-state index contributed by atoms with van der Waals surface area (Å²) in [4.78, 5) is 25.2. The quantitative estimate of drug-likeness (QED) is 0.805. The molecule has 0 radical (unpaired) electrons. The molecule has 0 saturated heterocycles. The van der Waals surface area contributed by atoms with Gasteiger partial charge in [-0.2, -0.15) is 0 Å². The van der Waals surface area contributed by atoms with E-state index in [4.69, 9.17) is 9.47 Å². The van der Waals surface area contributed by atoms with Crippen molar-refractivity contribution >= 4 is 0 Å². The Kier molecular flexibility index (Phi) is 3.18. The van der Waals surface area contributed by atoms with Gasteiger partial charge in [-0.15, -0.1) is 0 Å². The maximum atomic E-state index is 11.7. The fourth-order valence-corrected chi connectivity index (χ4v) is 1.60. The second-order valence-corrected chi connectivity index (χ2v) is 3.50. The van der Waals surface area contributed by atoms with Crippen molar-refractivity contribution in [3.05, 3.63) is 51.3 Å². The minimum absolute atomic E-state index is 0.488.